The number of piperazine rings is 1. The van der Waals surface area contributed by atoms with Crippen molar-refractivity contribution in [3.05, 3.63) is 40.9 Å². The van der Waals surface area contributed by atoms with E-state index in [2.05, 4.69) is 15.1 Å². The molecule has 0 spiro atoms. The van der Waals surface area contributed by atoms with Crippen LogP contribution in [-0.4, -0.2) is 60.4 Å². The standard InChI is InChI=1S/C22H27ClN4O3/c1-29-19-8-7-16(23)15-18(19)22(28)27-13-11-26(12-14-27)20-9-10-21(25-24-20)30-17-5-3-2-4-6-17/h7-10,15,17H,2-6,11-14H2,1H3. The lowest BCUT2D eigenvalue weighted by Gasteiger charge is -2.35. The van der Waals surface area contributed by atoms with Gasteiger partial charge in [-0.3, -0.25) is 4.79 Å². The Hall–Kier alpha value is -2.54. The number of hydrogen-bond donors (Lipinski definition) is 0. The number of carbonyl (C=O) groups is 1. The highest BCUT2D eigenvalue weighted by atomic mass is 35.5. The monoisotopic (exact) mass is 430 g/mol. The van der Waals surface area contributed by atoms with Crippen LogP contribution >= 0.6 is 11.6 Å². The Morgan fingerprint density at radius 1 is 1.03 bits per heavy atom. The second-order valence-electron chi connectivity index (χ2n) is 7.73. The van der Waals surface area contributed by atoms with Crippen molar-refractivity contribution in [2.45, 2.75) is 38.2 Å². The first-order valence-corrected chi connectivity index (χ1v) is 10.9. The number of aromatic nitrogens is 2. The summed E-state index contributed by atoms with van der Waals surface area (Å²) < 4.78 is 11.3. The van der Waals surface area contributed by atoms with Crippen molar-refractivity contribution in [1.82, 2.24) is 15.1 Å². The van der Waals surface area contributed by atoms with Gasteiger partial charge in [-0.15, -0.1) is 10.2 Å². The predicted octanol–water partition coefficient (Wildman–Crippen LogP) is 3.81. The first-order chi connectivity index (χ1) is 14.6. The summed E-state index contributed by atoms with van der Waals surface area (Å²) in [6, 6.07) is 8.94. The molecule has 0 bridgehead atoms. The van der Waals surface area contributed by atoms with Gasteiger partial charge in [-0.1, -0.05) is 18.0 Å². The van der Waals surface area contributed by atoms with Crippen LogP contribution in [0, 0.1) is 0 Å². The maximum absolute atomic E-state index is 12.9. The number of methoxy groups -OCH3 is 1. The third-order valence-electron chi connectivity index (χ3n) is 5.75. The molecule has 1 aliphatic carbocycles. The molecular formula is C22H27ClN4O3. The van der Waals surface area contributed by atoms with Crippen LogP contribution in [0.4, 0.5) is 5.82 Å². The predicted molar refractivity (Wildman–Crippen MR) is 116 cm³/mol. The molecule has 0 unspecified atom stereocenters. The lowest BCUT2D eigenvalue weighted by Crippen LogP contribution is -2.49. The Morgan fingerprint density at radius 3 is 2.47 bits per heavy atom. The number of rotatable bonds is 5. The first kappa shape index (κ1) is 20.7. The molecule has 2 aliphatic rings. The summed E-state index contributed by atoms with van der Waals surface area (Å²) in [6.45, 7) is 2.56. The molecule has 8 heteroatoms. The molecule has 1 aromatic heterocycles. The molecular weight excluding hydrogens is 404 g/mol. The van der Waals surface area contributed by atoms with E-state index in [9.17, 15) is 4.79 Å². The second-order valence-corrected chi connectivity index (χ2v) is 8.17. The average molecular weight is 431 g/mol. The van der Waals surface area contributed by atoms with Crippen molar-refractivity contribution in [1.29, 1.82) is 0 Å². The van der Waals surface area contributed by atoms with E-state index in [1.54, 1.807) is 25.3 Å². The van der Waals surface area contributed by atoms with Crippen molar-refractivity contribution in [2.75, 3.05) is 38.2 Å². The van der Waals surface area contributed by atoms with Crippen LogP contribution in [0.5, 0.6) is 11.6 Å². The summed E-state index contributed by atoms with van der Waals surface area (Å²) in [7, 11) is 1.55. The molecule has 0 N–H and O–H groups in total. The Kier molecular flexibility index (Phi) is 6.57. The molecule has 0 atom stereocenters. The van der Waals surface area contributed by atoms with Gasteiger partial charge in [0, 0.05) is 37.3 Å². The fourth-order valence-electron chi connectivity index (χ4n) is 4.05. The number of nitrogens with zero attached hydrogens (tertiary/aromatic N) is 4. The summed E-state index contributed by atoms with van der Waals surface area (Å²) in [6.07, 6.45) is 6.19. The van der Waals surface area contributed by atoms with Gasteiger partial charge in [0.05, 0.1) is 12.7 Å². The van der Waals surface area contributed by atoms with Crippen molar-refractivity contribution in [2.24, 2.45) is 0 Å². The minimum atomic E-state index is -0.0729. The second kappa shape index (κ2) is 9.51. The molecule has 1 saturated carbocycles. The van der Waals surface area contributed by atoms with E-state index in [1.165, 1.54) is 19.3 Å². The third-order valence-corrected chi connectivity index (χ3v) is 5.98. The number of anilines is 1. The highest BCUT2D eigenvalue weighted by molar-refractivity contribution is 6.31. The fourth-order valence-corrected chi connectivity index (χ4v) is 4.23. The van der Waals surface area contributed by atoms with E-state index in [0.717, 1.165) is 18.7 Å². The minimum absolute atomic E-state index is 0.0729. The Labute approximate surface area is 181 Å². The Morgan fingerprint density at radius 2 is 1.80 bits per heavy atom. The zero-order valence-electron chi connectivity index (χ0n) is 17.2. The van der Waals surface area contributed by atoms with Gasteiger partial charge in [0.25, 0.3) is 5.91 Å². The topological polar surface area (TPSA) is 67.8 Å². The van der Waals surface area contributed by atoms with E-state index in [4.69, 9.17) is 21.1 Å². The molecule has 1 aromatic carbocycles. The fraction of sp³-hybridized carbons (Fsp3) is 0.500. The van der Waals surface area contributed by atoms with Crippen LogP contribution in [0.1, 0.15) is 42.5 Å². The molecule has 160 valence electrons. The van der Waals surface area contributed by atoms with Gasteiger partial charge in [-0.25, -0.2) is 0 Å². The van der Waals surface area contributed by atoms with Crippen LogP contribution in [0.3, 0.4) is 0 Å². The lowest BCUT2D eigenvalue weighted by molar-refractivity contribution is 0.0743. The molecule has 4 rings (SSSR count). The van der Waals surface area contributed by atoms with E-state index in [0.29, 0.717) is 48.4 Å². The first-order valence-electron chi connectivity index (χ1n) is 10.5. The number of carbonyl (C=O) groups excluding carboxylic acids is 1. The summed E-state index contributed by atoms with van der Waals surface area (Å²) in [5.41, 5.74) is 0.488. The van der Waals surface area contributed by atoms with Crippen LogP contribution in [-0.2, 0) is 0 Å². The summed E-state index contributed by atoms with van der Waals surface area (Å²) in [5.74, 6) is 1.86. The number of amides is 1. The number of hydrogen-bond acceptors (Lipinski definition) is 6. The van der Waals surface area contributed by atoms with Gasteiger partial charge >= 0.3 is 0 Å². The van der Waals surface area contributed by atoms with Gasteiger partial charge in [0.2, 0.25) is 5.88 Å². The maximum atomic E-state index is 12.9. The minimum Gasteiger partial charge on any atom is -0.496 e. The number of halogens is 1. The van der Waals surface area contributed by atoms with Gasteiger partial charge in [-0.05, 0) is 49.9 Å². The van der Waals surface area contributed by atoms with E-state index < -0.39 is 0 Å². The highest BCUT2D eigenvalue weighted by Crippen LogP contribution is 2.26. The Bertz CT molecular complexity index is 863. The van der Waals surface area contributed by atoms with Gasteiger partial charge in [0.1, 0.15) is 11.9 Å². The smallest absolute Gasteiger partial charge is 0.257 e. The zero-order valence-corrected chi connectivity index (χ0v) is 18.0. The summed E-state index contributed by atoms with van der Waals surface area (Å²) in [5, 5.41) is 9.12. The van der Waals surface area contributed by atoms with Crippen molar-refractivity contribution in [3.8, 4) is 11.6 Å². The van der Waals surface area contributed by atoms with E-state index in [1.807, 2.05) is 17.0 Å². The third kappa shape index (κ3) is 4.78. The molecule has 1 amide bonds. The molecule has 2 heterocycles. The normalized spacial score (nSPS) is 17.7. The molecule has 7 nitrogen and oxygen atoms in total. The number of ether oxygens (including phenoxy) is 2. The lowest BCUT2D eigenvalue weighted by atomic mass is 9.98. The SMILES string of the molecule is COc1ccc(Cl)cc1C(=O)N1CCN(c2ccc(OC3CCCCC3)nn2)CC1. The molecule has 0 radical (unpaired) electrons. The average Bonchev–Trinajstić information content (AvgIpc) is 2.80. The van der Waals surface area contributed by atoms with Gasteiger partial charge in [0.15, 0.2) is 5.82 Å². The summed E-state index contributed by atoms with van der Waals surface area (Å²) in [4.78, 5) is 16.9. The van der Waals surface area contributed by atoms with Crippen LogP contribution in [0.2, 0.25) is 5.02 Å². The molecule has 2 aromatic rings. The Balaban J connectivity index is 1.34. The van der Waals surface area contributed by atoms with Gasteiger partial charge in [-0.2, -0.15) is 0 Å². The maximum Gasteiger partial charge on any atom is 0.257 e. The quantitative estimate of drug-likeness (QED) is 0.718. The van der Waals surface area contributed by atoms with Crippen molar-refractivity contribution >= 4 is 23.3 Å². The molecule has 1 saturated heterocycles. The van der Waals surface area contributed by atoms with Crippen LogP contribution in [0.25, 0.3) is 0 Å². The molecule has 2 fully saturated rings. The number of benzene rings is 1. The van der Waals surface area contributed by atoms with Crippen molar-refractivity contribution in [3.63, 3.8) is 0 Å². The van der Waals surface area contributed by atoms with Crippen LogP contribution < -0.4 is 14.4 Å². The van der Waals surface area contributed by atoms with Crippen LogP contribution in [0.15, 0.2) is 30.3 Å². The van der Waals surface area contributed by atoms with Crippen molar-refractivity contribution < 1.29 is 14.3 Å². The van der Waals surface area contributed by atoms with Gasteiger partial charge < -0.3 is 19.3 Å². The molecule has 1 aliphatic heterocycles. The summed E-state index contributed by atoms with van der Waals surface area (Å²) >= 11 is 6.07. The zero-order chi connectivity index (χ0) is 20.9. The van der Waals surface area contributed by atoms with E-state index >= 15 is 0 Å². The molecule has 30 heavy (non-hydrogen) atoms. The van der Waals surface area contributed by atoms with E-state index in [-0.39, 0.29) is 12.0 Å². The largest absolute Gasteiger partial charge is 0.496 e. The highest BCUT2D eigenvalue weighted by Gasteiger charge is 2.25.